The van der Waals surface area contributed by atoms with Gasteiger partial charge in [0.1, 0.15) is 11.6 Å². The van der Waals surface area contributed by atoms with Gasteiger partial charge in [-0.05, 0) is 29.2 Å². The third kappa shape index (κ3) is 3.36. The van der Waals surface area contributed by atoms with Crippen LogP contribution in [0.5, 0.6) is 0 Å². The van der Waals surface area contributed by atoms with E-state index in [2.05, 4.69) is 34.6 Å². The molecule has 0 saturated heterocycles. The Hall–Kier alpha value is -3.19. The van der Waals surface area contributed by atoms with E-state index in [0.29, 0.717) is 5.01 Å². The van der Waals surface area contributed by atoms with Crippen LogP contribution in [0.4, 0.5) is 4.79 Å². The zero-order chi connectivity index (χ0) is 19.7. The second-order valence-electron chi connectivity index (χ2n) is 6.57. The highest BCUT2D eigenvalue weighted by Crippen LogP contribution is 2.44. The Labute approximate surface area is 165 Å². The summed E-state index contributed by atoms with van der Waals surface area (Å²) in [4.78, 5) is 27.2. The van der Waals surface area contributed by atoms with E-state index in [-0.39, 0.29) is 18.2 Å². The lowest BCUT2D eigenvalue weighted by Crippen LogP contribution is -2.28. The highest BCUT2D eigenvalue weighted by atomic mass is 32.1. The van der Waals surface area contributed by atoms with Crippen LogP contribution in [0.15, 0.2) is 53.9 Å². The number of amides is 1. The molecule has 0 saturated carbocycles. The van der Waals surface area contributed by atoms with E-state index in [9.17, 15) is 9.59 Å². The topological polar surface area (TPSA) is 88.5 Å². The Bertz CT molecular complexity index is 1000. The molecule has 0 fully saturated rings. The predicted octanol–water partition coefficient (Wildman–Crippen LogP) is 4.44. The SMILES string of the molecule is C[C@H](NC(=O)OCC1c2ccccc2-c2ccccc21)c1nc(C(=O)O)cs1. The second-order valence-corrected chi connectivity index (χ2v) is 7.46. The summed E-state index contributed by atoms with van der Waals surface area (Å²) in [5, 5.41) is 13.6. The summed E-state index contributed by atoms with van der Waals surface area (Å²) in [5.41, 5.74) is 4.61. The number of carboxylic acid groups (broad SMARTS) is 1. The van der Waals surface area contributed by atoms with Crippen molar-refractivity contribution in [3.63, 3.8) is 0 Å². The molecule has 2 aromatic carbocycles. The number of fused-ring (bicyclic) bond motifs is 3. The van der Waals surface area contributed by atoms with Gasteiger partial charge in [0.15, 0.2) is 5.69 Å². The number of carbonyl (C=O) groups is 2. The number of nitrogens with zero attached hydrogens (tertiary/aromatic N) is 1. The Morgan fingerprint density at radius 1 is 1.14 bits per heavy atom. The number of ether oxygens (including phenoxy) is 1. The van der Waals surface area contributed by atoms with Crippen molar-refractivity contribution in [3.05, 3.63) is 75.7 Å². The van der Waals surface area contributed by atoms with Crippen molar-refractivity contribution in [2.24, 2.45) is 0 Å². The third-order valence-corrected chi connectivity index (χ3v) is 5.82. The van der Waals surface area contributed by atoms with Gasteiger partial charge in [0.2, 0.25) is 0 Å². The van der Waals surface area contributed by atoms with Crippen LogP contribution >= 0.6 is 11.3 Å². The number of thiazole rings is 1. The first-order chi connectivity index (χ1) is 13.5. The normalized spacial score (nSPS) is 13.5. The molecular formula is C21H18N2O4S. The summed E-state index contributed by atoms with van der Waals surface area (Å²) >= 11 is 1.19. The number of alkyl carbamates (subject to hydrolysis) is 1. The van der Waals surface area contributed by atoms with Crippen molar-refractivity contribution in [1.29, 1.82) is 0 Å². The minimum absolute atomic E-state index is 0.00747. The van der Waals surface area contributed by atoms with Gasteiger partial charge in [0.05, 0.1) is 6.04 Å². The molecule has 0 radical (unpaired) electrons. The number of hydrogen-bond donors (Lipinski definition) is 2. The van der Waals surface area contributed by atoms with Crippen LogP contribution in [-0.2, 0) is 4.74 Å². The van der Waals surface area contributed by atoms with Crippen LogP contribution in [0.2, 0.25) is 0 Å². The summed E-state index contributed by atoms with van der Waals surface area (Å²) in [7, 11) is 0. The van der Waals surface area contributed by atoms with Crippen LogP contribution in [0.1, 0.15) is 45.5 Å². The summed E-state index contributed by atoms with van der Waals surface area (Å²) in [6.07, 6.45) is -0.554. The van der Waals surface area contributed by atoms with Crippen molar-refractivity contribution in [3.8, 4) is 11.1 Å². The summed E-state index contributed by atoms with van der Waals surface area (Å²) in [5.74, 6) is -1.09. The minimum Gasteiger partial charge on any atom is -0.476 e. The van der Waals surface area contributed by atoms with Gasteiger partial charge < -0.3 is 15.2 Å². The number of hydrogen-bond acceptors (Lipinski definition) is 5. The minimum atomic E-state index is -1.09. The van der Waals surface area contributed by atoms with Gasteiger partial charge >= 0.3 is 12.1 Å². The van der Waals surface area contributed by atoms with Gasteiger partial charge in [-0.15, -0.1) is 11.3 Å². The van der Waals surface area contributed by atoms with E-state index in [0.717, 1.165) is 11.1 Å². The Morgan fingerprint density at radius 3 is 2.32 bits per heavy atom. The maximum Gasteiger partial charge on any atom is 0.407 e. The lowest BCUT2D eigenvalue weighted by molar-refractivity contribution is 0.0691. The lowest BCUT2D eigenvalue weighted by Gasteiger charge is -2.16. The van der Waals surface area contributed by atoms with E-state index in [4.69, 9.17) is 9.84 Å². The van der Waals surface area contributed by atoms with Gasteiger partial charge in [-0.25, -0.2) is 14.6 Å². The van der Waals surface area contributed by atoms with E-state index >= 15 is 0 Å². The number of rotatable bonds is 5. The summed E-state index contributed by atoms with van der Waals surface area (Å²) in [6, 6.07) is 15.8. The maximum atomic E-state index is 12.3. The number of aromatic nitrogens is 1. The quantitative estimate of drug-likeness (QED) is 0.668. The summed E-state index contributed by atoms with van der Waals surface area (Å²) in [6.45, 7) is 1.97. The molecule has 0 bridgehead atoms. The Kier molecular flexibility index (Phi) is 4.83. The number of nitrogens with one attached hydrogen (secondary N) is 1. The molecular weight excluding hydrogens is 376 g/mol. The van der Waals surface area contributed by atoms with E-state index in [1.54, 1.807) is 6.92 Å². The number of carboxylic acids is 1. The van der Waals surface area contributed by atoms with Crippen molar-refractivity contribution in [1.82, 2.24) is 10.3 Å². The van der Waals surface area contributed by atoms with Gasteiger partial charge in [-0.3, -0.25) is 0 Å². The van der Waals surface area contributed by atoms with Crippen LogP contribution in [0.3, 0.4) is 0 Å². The smallest absolute Gasteiger partial charge is 0.407 e. The van der Waals surface area contributed by atoms with E-state index < -0.39 is 18.1 Å². The zero-order valence-electron chi connectivity index (χ0n) is 15.1. The molecule has 1 aromatic heterocycles. The highest BCUT2D eigenvalue weighted by molar-refractivity contribution is 7.09. The number of aromatic carboxylic acids is 1. The van der Waals surface area contributed by atoms with Crippen LogP contribution in [0.25, 0.3) is 11.1 Å². The van der Waals surface area contributed by atoms with E-state index in [1.807, 2.05) is 24.3 Å². The number of benzene rings is 2. The molecule has 6 nitrogen and oxygen atoms in total. The Balaban J connectivity index is 1.43. The van der Waals surface area contributed by atoms with Crippen molar-refractivity contribution >= 4 is 23.4 Å². The first-order valence-corrected chi connectivity index (χ1v) is 9.73. The van der Waals surface area contributed by atoms with Gasteiger partial charge in [-0.2, -0.15) is 0 Å². The molecule has 4 rings (SSSR count). The fourth-order valence-electron chi connectivity index (χ4n) is 3.46. The molecule has 28 heavy (non-hydrogen) atoms. The van der Waals surface area contributed by atoms with Crippen LogP contribution in [0, 0.1) is 0 Å². The molecule has 0 spiro atoms. The molecule has 1 heterocycles. The lowest BCUT2D eigenvalue weighted by atomic mass is 9.98. The first-order valence-electron chi connectivity index (χ1n) is 8.85. The van der Waals surface area contributed by atoms with Gasteiger partial charge in [0, 0.05) is 11.3 Å². The molecule has 1 aliphatic rings. The molecule has 1 amide bonds. The van der Waals surface area contributed by atoms with Gasteiger partial charge in [0.25, 0.3) is 0 Å². The average Bonchev–Trinajstić information content (AvgIpc) is 3.30. The molecule has 1 atom stereocenters. The molecule has 2 N–H and O–H groups in total. The fraction of sp³-hybridized carbons (Fsp3) is 0.190. The largest absolute Gasteiger partial charge is 0.476 e. The third-order valence-electron chi connectivity index (χ3n) is 4.79. The molecule has 0 unspecified atom stereocenters. The molecule has 0 aliphatic heterocycles. The molecule has 142 valence electrons. The summed E-state index contributed by atoms with van der Waals surface area (Å²) < 4.78 is 5.50. The fourth-order valence-corrected chi connectivity index (χ4v) is 4.26. The van der Waals surface area contributed by atoms with Crippen LogP contribution < -0.4 is 5.32 Å². The van der Waals surface area contributed by atoms with E-state index in [1.165, 1.54) is 27.8 Å². The zero-order valence-corrected chi connectivity index (χ0v) is 15.9. The highest BCUT2D eigenvalue weighted by Gasteiger charge is 2.29. The molecule has 3 aromatic rings. The van der Waals surface area contributed by atoms with Crippen molar-refractivity contribution < 1.29 is 19.4 Å². The first kappa shape index (κ1) is 18.2. The standard InChI is InChI=1S/C21H18N2O4S/c1-12(19-23-18(11-28-19)20(24)25)22-21(26)27-10-17-15-8-4-2-6-13(15)14-7-3-5-9-16(14)17/h2-9,11-12,17H,10H2,1H3,(H,22,26)(H,24,25)/t12-/m0/s1. The monoisotopic (exact) mass is 394 g/mol. The van der Waals surface area contributed by atoms with Crippen LogP contribution in [-0.4, -0.2) is 28.8 Å². The van der Waals surface area contributed by atoms with Gasteiger partial charge in [-0.1, -0.05) is 48.5 Å². The second kappa shape index (κ2) is 7.44. The average molecular weight is 394 g/mol. The molecule has 7 heteroatoms. The van der Waals surface area contributed by atoms with Crippen molar-refractivity contribution in [2.75, 3.05) is 6.61 Å². The maximum absolute atomic E-state index is 12.3. The molecule has 1 aliphatic carbocycles. The number of carbonyl (C=O) groups excluding carboxylic acids is 1. The predicted molar refractivity (Wildman–Crippen MR) is 106 cm³/mol. The van der Waals surface area contributed by atoms with Crippen molar-refractivity contribution in [2.45, 2.75) is 18.9 Å². The Morgan fingerprint density at radius 2 is 1.75 bits per heavy atom.